The summed E-state index contributed by atoms with van der Waals surface area (Å²) in [5, 5.41) is 12.5. The lowest BCUT2D eigenvalue weighted by Gasteiger charge is -2.18. The molecule has 0 bridgehead atoms. The van der Waals surface area contributed by atoms with Gasteiger partial charge in [-0.3, -0.25) is 0 Å². The highest BCUT2D eigenvalue weighted by molar-refractivity contribution is 6.33. The zero-order valence-electron chi connectivity index (χ0n) is 10.7. The number of halogens is 1. The molecule has 0 spiro atoms. The molecule has 0 radical (unpaired) electrons. The van der Waals surface area contributed by atoms with Gasteiger partial charge in [-0.05, 0) is 31.3 Å². The molecule has 18 heavy (non-hydrogen) atoms. The number of hydrogen-bond donors (Lipinski definition) is 2. The maximum absolute atomic E-state index is 10.8. The smallest absolute Gasteiger partial charge is 0.335 e. The summed E-state index contributed by atoms with van der Waals surface area (Å²) in [6, 6.07) is 4.71. The summed E-state index contributed by atoms with van der Waals surface area (Å²) in [6.07, 6.45) is 0. The quantitative estimate of drug-likeness (QED) is 0.800. The molecule has 0 aliphatic rings. The Bertz CT molecular complexity index is 406. The highest BCUT2D eigenvalue weighted by atomic mass is 35.5. The Morgan fingerprint density at radius 3 is 2.56 bits per heavy atom. The van der Waals surface area contributed by atoms with Gasteiger partial charge in [0.15, 0.2) is 0 Å². The molecule has 0 atom stereocenters. The molecule has 1 aromatic rings. The van der Waals surface area contributed by atoms with Crippen LogP contribution in [0.4, 0.5) is 5.69 Å². The molecule has 100 valence electrons. The van der Waals surface area contributed by atoms with E-state index in [4.69, 9.17) is 16.7 Å². The van der Waals surface area contributed by atoms with Crippen molar-refractivity contribution < 1.29 is 9.90 Å². The molecule has 0 saturated carbocycles. The minimum Gasteiger partial charge on any atom is -0.478 e. The van der Waals surface area contributed by atoms with Crippen LogP contribution in [0.1, 0.15) is 24.2 Å². The summed E-state index contributed by atoms with van der Waals surface area (Å²) in [4.78, 5) is 13.1. The summed E-state index contributed by atoms with van der Waals surface area (Å²) in [6.45, 7) is 8.00. The molecule has 0 saturated heterocycles. The fraction of sp³-hybridized carbons (Fsp3) is 0.462. The van der Waals surface area contributed by atoms with Crippen LogP contribution in [0.15, 0.2) is 18.2 Å². The van der Waals surface area contributed by atoms with Gasteiger partial charge >= 0.3 is 5.97 Å². The number of nitrogens with zero attached hydrogens (tertiary/aromatic N) is 1. The number of likely N-dealkylation sites (N-methyl/N-ethyl adjacent to an activating group) is 1. The van der Waals surface area contributed by atoms with E-state index in [0.29, 0.717) is 5.02 Å². The van der Waals surface area contributed by atoms with E-state index in [9.17, 15) is 4.79 Å². The van der Waals surface area contributed by atoms with Crippen molar-refractivity contribution >= 4 is 23.3 Å². The van der Waals surface area contributed by atoms with E-state index in [1.165, 1.54) is 6.07 Å². The zero-order valence-corrected chi connectivity index (χ0v) is 11.5. The average molecular weight is 271 g/mol. The molecule has 4 nitrogen and oxygen atoms in total. The lowest BCUT2D eigenvalue weighted by Crippen LogP contribution is -2.28. The molecule has 0 heterocycles. The Hall–Kier alpha value is -1.26. The number of carbonyl (C=O) groups is 1. The Labute approximate surface area is 113 Å². The Balaban J connectivity index is 2.55. The molecule has 5 heteroatoms. The van der Waals surface area contributed by atoms with E-state index >= 15 is 0 Å². The fourth-order valence-electron chi connectivity index (χ4n) is 1.68. The first kappa shape index (κ1) is 14.8. The van der Waals surface area contributed by atoms with Gasteiger partial charge < -0.3 is 15.3 Å². The highest BCUT2D eigenvalue weighted by Gasteiger charge is 2.07. The number of nitrogens with one attached hydrogen (secondary N) is 1. The van der Waals surface area contributed by atoms with Crippen molar-refractivity contribution in [1.29, 1.82) is 0 Å². The van der Waals surface area contributed by atoms with Crippen LogP contribution in [0.5, 0.6) is 0 Å². The Morgan fingerprint density at radius 1 is 1.39 bits per heavy atom. The number of carboxylic acids is 1. The summed E-state index contributed by atoms with van der Waals surface area (Å²) in [5.41, 5.74) is 0.975. The van der Waals surface area contributed by atoms with E-state index in [-0.39, 0.29) is 5.56 Å². The molecule has 0 fully saturated rings. The van der Waals surface area contributed by atoms with Crippen molar-refractivity contribution in [1.82, 2.24) is 4.90 Å². The summed E-state index contributed by atoms with van der Waals surface area (Å²) >= 11 is 6.02. The maximum Gasteiger partial charge on any atom is 0.335 e. The third-order valence-electron chi connectivity index (χ3n) is 2.85. The van der Waals surface area contributed by atoms with E-state index in [1.807, 2.05) is 0 Å². The van der Waals surface area contributed by atoms with Gasteiger partial charge in [-0.25, -0.2) is 4.79 Å². The molecule has 1 aromatic carbocycles. The monoisotopic (exact) mass is 270 g/mol. The van der Waals surface area contributed by atoms with Crippen molar-refractivity contribution in [2.75, 3.05) is 31.5 Å². The third kappa shape index (κ3) is 4.20. The second kappa shape index (κ2) is 7.24. The molecule has 0 amide bonds. The number of rotatable bonds is 7. The Morgan fingerprint density at radius 2 is 2.06 bits per heavy atom. The SMILES string of the molecule is CCN(CC)CCNc1ccc(C(=O)O)cc1Cl. The second-order valence-electron chi connectivity index (χ2n) is 3.95. The van der Waals surface area contributed by atoms with Gasteiger partial charge in [0.05, 0.1) is 16.3 Å². The molecule has 2 N–H and O–H groups in total. The molecular formula is C13H19ClN2O2. The topological polar surface area (TPSA) is 52.6 Å². The van der Waals surface area contributed by atoms with Crippen molar-refractivity contribution in [2.24, 2.45) is 0 Å². The summed E-state index contributed by atoms with van der Waals surface area (Å²) < 4.78 is 0. The van der Waals surface area contributed by atoms with Crippen LogP contribution < -0.4 is 5.32 Å². The van der Waals surface area contributed by atoms with Crippen LogP contribution in [0.2, 0.25) is 5.02 Å². The largest absolute Gasteiger partial charge is 0.478 e. The van der Waals surface area contributed by atoms with E-state index in [1.54, 1.807) is 12.1 Å². The second-order valence-corrected chi connectivity index (χ2v) is 4.36. The van der Waals surface area contributed by atoms with E-state index in [0.717, 1.165) is 31.9 Å². The first-order chi connectivity index (χ1) is 8.58. The molecule has 1 rings (SSSR count). The minimum atomic E-state index is -0.966. The predicted molar refractivity (Wildman–Crippen MR) is 74.7 cm³/mol. The minimum absolute atomic E-state index is 0.203. The summed E-state index contributed by atoms with van der Waals surface area (Å²) in [7, 11) is 0. The lowest BCUT2D eigenvalue weighted by atomic mass is 10.2. The van der Waals surface area contributed by atoms with Gasteiger partial charge in [0.1, 0.15) is 0 Å². The van der Waals surface area contributed by atoms with Crippen LogP contribution in [0.25, 0.3) is 0 Å². The van der Waals surface area contributed by atoms with Gasteiger partial charge in [0.2, 0.25) is 0 Å². The number of aromatic carboxylic acids is 1. The van der Waals surface area contributed by atoms with Crippen LogP contribution in [-0.4, -0.2) is 42.2 Å². The first-order valence-corrected chi connectivity index (χ1v) is 6.45. The van der Waals surface area contributed by atoms with E-state index < -0.39 is 5.97 Å². The van der Waals surface area contributed by atoms with Crippen molar-refractivity contribution in [3.8, 4) is 0 Å². The van der Waals surface area contributed by atoms with Crippen LogP contribution in [-0.2, 0) is 0 Å². The molecule has 0 aliphatic heterocycles. The number of benzene rings is 1. The summed E-state index contributed by atoms with van der Waals surface area (Å²) in [5.74, 6) is -0.966. The fourth-order valence-corrected chi connectivity index (χ4v) is 1.93. The first-order valence-electron chi connectivity index (χ1n) is 6.07. The van der Waals surface area contributed by atoms with Crippen molar-refractivity contribution in [3.05, 3.63) is 28.8 Å². The van der Waals surface area contributed by atoms with Crippen LogP contribution >= 0.6 is 11.6 Å². The normalized spacial score (nSPS) is 10.7. The predicted octanol–water partition coefficient (Wildman–Crippen LogP) is 2.79. The lowest BCUT2D eigenvalue weighted by molar-refractivity contribution is 0.0697. The highest BCUT2D eigenvalue weighted by Crippen LogP contribution is 2.22. The van der Waals surface area contributed by atoms with Crippen molar-refractivity contribution in [2.45, 2.75) is 13.8 Å². The van der Waals surface area contributed by atoms with Gasteiger partial charge in [-0.2, -0.15) is 0 Å². The zero-order chi connectivity index (χ0) is 13.5. The van der Waals surface area contributed by atoms with Crippen LogP contribution in [0, 0.1) is 0 Å². The molecule has 0 unspecified atom stereocenters. The molecular weight excluding hydrogens is 252 g/mol. The number of anilines is 1. The maximum atomic E-state index is 10.8. The van der Waals surface area contributed by atoms with E-state index in [2.05, 4.69) is 24.1 Å². The van der Waals surface area contributed by atoms with Crippen LogP contribution in [0.3, 0.4) is 0 Å². The number of hydrogen-bond acceptors (Lipinski definition) is 3. The van der Waals surface area contributed by atoms with Gasteiger partial charge in [-0.15, -0.1) is 0 Å². The standard InChI is InChI=1S/C13H19ClN2O2/c1-3-16(4-2)8-7-15-12-6-5-10(13(17)18)9-11(12)14/h5-6,9,15H,3-4,7-8H2,1-2H3,(H,17,18). The molecule has 0 aliphatic carbocycles. The average Bonchev–Trinajstić information content (AvgIpc) is 2.36. The Kier molecular flexibility index (Phi) is 5.95. The van der Waals surface area contributed by atoms with Gasteiger partial charge in [0, 0.05) is 13.1 Å². The van der Waals surface area contributed by atoms with Gasteiger partial charge in [0.25, 0.3) is 0 Å². The van der Waals surface area contributed by atoms with Gasteiger partial charge in [-0.1, -0.05) is 25.4 Å². The third-order valence-corrected chi connectivity index (χ3v) is 3.17. The molecule has 0 aromatic heterocycles. The number of carboxylic acid groups (broad SMARTS) is 1. The van der Waals surface area contributed by atoms with Crippen molar-refractivity contribution in [3.63, 3.8) is 0 Å².